The third-order valence-corrected chi connectivity index (χ3v) is 1.60. The summed E-state index contributed by atoms with van der Waals surface area (Å²) >= 11 is 0. The van der Waals surface area contributed by atoms with E-state index in [0.29, 0.717) is 46.2 Å². The van der Waals surface area contributed by atoms with Crippen molar-refractivity contribution in [3.05, 3.63) is 0 Å². The van der Waals surface area contributed by atoms with Crippen LogP contribution in [0, 0.1) is 12.0 Å². The van der Waals surface area contributed by atoms with Gasteiger partial charge in [0.15, 0.2) is 0 Å². The van der Waals surface area contributed by atoms with Gasteiger partial charge in [0.05, 0.1) is 39.6 Å². The molecule has 0 amide bonds. The van der Waals surface area contributed by atoms with Gasteiger partial charge in [0.1, 0.15) is 6.61 Å². The zero-order valence-electron chi connectivity index (χ0n) is 9.87. The Hall–Kier alpha value is -0.800. The van der Waals surface area contributed by atoms with Crippen molar-refractivity contribution in [2.24, 2.45) is 5.73 Å². The Balaban J connectivity index is 2.89. The zero-order chi connectivity index (χ0) is 11.9. The molecule has 5 heteroatoms. The summed E-state index contributed by atoms with van der Waals surface area (Å²) in [5.41, 5.74) is 4.96. The highest BCUT2D eigenvalue weighted by atomic mass is 16.6. The lowest BCUT2D eigenvalue weighted by Crippen LogP contribution is -2.11. The molecule has 0 fully saturated rings. The van der Waals surface area contributed by atoms with Gasteiger partial charge < -0.3 is 24.7 Å². The van der Waals surface area contributed by atoms with Crippen LogP contribution in [-0.2, 0) is 18.9 Å². The second-order valence-corrected chi connectivity index (χ2v) is 2.80. The van der Waals surface area contributed by atoms with E-state index in [9.17, 15) is 0 Å². The van der Waals surface area contributed by atoms with Gasteiger partial charge in [-0.15, -0.1) is 0 Å². The normalized spacial score (nSPS) is 9.81. The summed E-state index contributed by atoms with van der Waals surface area (Å²) in [6.45, 7) is 6.49. The van der Waals surface area contributed by atoms with Crippen molar-refractivity contribution in [1.29, 1.82) is 0 Å². The Morgan fingerprint density at radius 1 is 0.812 bits per heavy atom. The first-order valence-corrected chi connectivity index (χ1v) is 5.41. The van der Waals surface area contributed by atoms with E-state index in [4.69, 9.17) is 24.7 Å². The van der Waals surface area contributed by atoms with Crippen LogP contribution in [0.4, 0.5) is 0 Å². The number of nitrogens with two attached hydrogens (primary N) is 1. The maximum atomic E-state index is 5.25. The number of hydrogen-bond donors (Lipinski definition) is 1. The molecule has 0 aliphatic heterocycles. The average molecular weight is 231 g/mol. The highest BCUT2D eigenvalue weighted by molar-refractivity contribution is 4.93. The van der Waals surface area contributed by atoms with Gasteiger partial charge in [-0.1, -0.05) is 5.92 Å². The Morgan fingerprint density at radius 3 is 1.81 bits per heavy atom. The van der Waals surface area contributed by atoms with Gasteiger partial charge in [-0.25, -0.2) is 0 Å². The summed E-state index contributed by atoms with van der Waals surface area (Å²) in [5, 5.41) is 0. The zero-order valence-corrected chi connectivity index (χ0v) is 9.87. The minimum atomic E-state index is 0.352. The van der Waals surface area contributed by atoms with Crippen LogP contribution in [0.3, 0.4) is 0 Å². The third kappa shape index (κ3) is 13.2. The molecule has 0 atom stereocenters. The van der Waals surface area contributed by atoms with Gasteiger partial charge in [-0.05, 0) is 6.92 Å². The lowest BCUT2D eigenvalue weighted by Gasteiger charge is -2.05. The van der Waals surface area contributed by atoms with Crippen molar-refractivity contribution in [1.82, 2.24) is 0 Å². The largest absolute Gasteiger partial charge is 0.379 e. The van der Waals surface area contributed by atoms with Crippen LogP contribution < -0.4 is 5.73 Å². The summed E-state index contributed by atoms with van der Waals surface area (Å²) in [7, 11) is 0. The molecular weight excluding hydrogens is 210 g/mol. The second-order valence-electron chi connectivity index (χ2n) is 2.80. The molecule has 0 unspecified atom stereocenters. The van der Waals surface area contributed by atoms with Gasteiger partial charge in [0.2, 0.25) is 0 Å². The summed E-state index contributed by atoms with van der Waals surface area (Å²) in [6, 6.07) is 2.26. The maximum absolute atomic E-state index is 5.25. The Bertz CT molecular complexity index is 188. The quantitative estimate of drug-likeness (QED) is 0.308. The van der Waals surface area contributed by atoms with E-state index >= 15 is 0 Å². The van der Waals surface area contributed by atoms with E-state index in [2.05, 4.69) is 12.0 Å². The molecule has 0 rings (SSSR count). The van der Waals surface area contributed by atoms with Gasteiger partial charge in [0, 0.05) is 12.7 Å². The predicted molar refractivity (Wildman–Crippen MR) is 60.9 cm³/mol. The summed E-state index contributed by atoms with van der Waals surface area (Å²) in [4.78, 5) is 0. The lowest BCUT2D eigenvalue weighted by atomic mass is 10.7. The van der Waals surface area contributed by atoms with Crippen LogP contribution in [0.15, 0.2) is 0 Å². The third-order valence-electron chi connectivity index (χ3n) is 1.60. The number of rotatable bonds is 11. The highest BCUT2D eigenvalue weighted by Gasteiger charge is 1.90. The highest BCUT2D eigenvalue weighted by Crippen LogP contribution is 1.82. The number of hydrogen-bond acceptors (Lipinski definition) is 5. The summed E-state index contributed by atoms with van der Waals surface area (Å²) < 4.78 is 20.7. The smallest absolute Gasteiger partial charge is 0.109 e. The van der Waals surface area contributed by atoms with Crippen molar-refractivity contribution in [2.45, 2.75) is 6.92 Å². The van der Waals surface area contributed by atoms with Crippen LogP contribution in [0.5, 0.6) is 0 Å². The van der Waals surface area contributed by atoms with Crippen LogP contribution in [-0.4, -0.2) is 52.9 Å². The fraction of sp³-hybridized carbons (Fsp3) is 0.818. The maximum Gasteiger partial charge on any atom is 0.109 e. The molecule has 0 saturated heterocycles. The van der Waals surface area contributed by atoms with Gasteiger partial charge in [-0.3, -0.25) is 0 Å². The second kappa shape index (κ2) is 14.2. The molecular formula is C11H21NO4. The summed E-state index contributed by atoms with van der Waals surface area (Å²) in [5.74, 6) is 2.59. The summed E-state index contributed by atoms with van der Waals surface area (Å²) in [6.07, 6.45) is 0. The molecule has 16 heavy (non-hydrogen) atoms. The SMILES string of the molecule is CCOCCOCCOCCOCC#CN. The molecule has 94 valence electrons. The first-order chi connectivity index (χ1) is 7.91. The van der Waals surface area contributed by atoms with Gasteiger partial charge >= 0.3 is 0 Å². The molecule has 0 aliphatic rings. The molecule has 0 saturated carbocycles. The molecule has 0 spiro atoms. The fourth-order valence-corrected chi connectivity index (χ4v) is 0.867. The van der Waals surface area contributed by atoms with Crippen LogP contribution in [0.1, 0.15) is 6.92 Å². The van der Waals surface area contributed by atoms with Crippen molar-refractivity contribution >= 4 is 0 Å². The Morgan fingerprint density at radius 2 is 1.31 bits per heavy atom. The van der Waals surface area contributed by atoms with Crippen molar-refractivity contribution in [2.75, 3.05) is 52.9 Å². The average Bonchev–Trinajstić information content (AvgIpc) is 2.31. The van der Waals surface area contributed by atoms with E-state index < -0.39 is 0 Å². The van der Waals surface area contributed by atoms with E-state index in [-0.39, 0.29) is 0 Å². The first kappa shape index (κ1) is 15.2. The minimum absolute atomic E-state index is 0.352. The molecule has 0 heterocycles. The molecule has 0 aromatic carbocycles. The molecule has 0 aliphatic carbocycles. The molecule has 0 bridgehead atoms. The van der Waals surface area contributed by atoms with E-state index in [1.54, 1.807) is 0 Å². The van der Waals surface area contributed by atoms with E-state index in [1.165, 1.54) is 0 Å². The van der Waals surface area contributed by atoms with Crippen LogP contribution in [0.2, 0.25) is 0 Å². The van der Waals surface area contributed by atoms with Gasteiger partial charge in [0.25, 0.3) is 0 Å². The van der Waals surface area contributed by atoms with E-state index in [0.717, 1.165) is 6.61 Å². The minimum Gasteiger partial charge on any atom is -0.379 e. The van der Waals surface area contributed by atoms with Crippen molar-refractivity contribution in [3.63, 3.8) is 0 Å². The predicted octanol–water partition coefficient (Wildman–Crippen LogP) is -0.00770. The lowest BCUT2D eigenvalue weighted by molar-refractivity contribution is 0.00282. The Kier molecular flexibility index (Phi) is 13.5. The van der Waals surface area contributed by atoms with Crippen LogP contribution >= 0.6 is 0 Å². The molecule has 5 nitrogen and oxygen atoms in total. The van der Waals surface area contributed by atoms with Crippen molar-refractivity contribution in [3.8, 4) is 12.0 Å². The monoisotopic (exact) mass is 231 g/mol. The first-order valence-electron chi connectivity index (χ1n) is 5.41. The molecule has 0 radical (unpaired) electrons. The number of ether oxygens (including phenoxy) is 4. The molecule has 2 N–H and O–H groups in total. The fourth-order valence-electron chi connectivity index (χ4n) is 0.867. The Labute approximate surface area is 97.2 Å². The standard InChI is InChI=1S/C11H21NO4/c1-2-13-6-7-15-10-11-16-9-8-14-5-3-4-12/h2,5-12H2,1H3. The van der Waals surface area contributed by atoms with E-state index in [1.807, 2.05) is 6.92 Å². The van der Waals surface area contributed by atoms with Gasteiger partial charge in [-0.2, -0.15) is 0 Å². The molecule has 0 aromatic heterocycles. The molecule has 0 aromatic rings. The van der Waals surface area contributed by atoms with Crippen molar-refractivity contribution < 1.29 is 18.9 Å². The topological polar surface area (TPSA) is 62.9 Å². The van der Waals surface area contributed by atoms with Crippen LogP contribution in [0.25, 0.3) is 0 Å².